The van der Waals surface area contributed by atoms with Crippen molar-refractivity contribution in [3.05, 3.63) is 52.2 Å². The Morgan fingerprint density at radius 2 is 2.05 bits per heavy atom. The average Bonchev–Trinajstić information content (AvgIpc) is 2.99. The van der Waals surface area contributed by atoms with E-state index >= 15 is 0 Å². The lowest BCUT2D eigenvalue weighted by molar-refractivity contribution is 0.579. The lowest BCUT2D eigenvalue weighted by atomic mass is 10.1. The molecule has 1 aromatic carbocycles. The summed E-state index contributed by atoms with van der Waals surface area (Å²) in [5, 5.41) is 9.31. The van der Waals surface area contributed by atoms with Crippen molar-refractivity contribution in [1.82, 2.24) is 15.1 Å². The molecule has 0 radical (unpaired) electrons. The van der Waals surface area contributed by atoms with Crippen molar-refractivity contribution in [3.63, 3.8) is 0 Å². The van der Waals surface area contributed by atoms with Crippen molar-refractivity contribution >= 4 is 21.4 Å². The molecule has 3 nitrogen and oxygen atoms in total. The summed E-state index contributed by atoms with van der Waals surface area (Å²) >= 11 is 1.89. The quantitative estimate of drug-likeness (QED) is 0.786. The number of aryl methyl sites for hydroxylation is 2. The molecule has 3 aromatic rings. The predicted molar refractivity (Wildman–Crippen MR) is 89.8 cm³/mol. The summed E-state index contributed by atoms with van der Waals surface area (Å²) < 4.78 is 3.29. The van der Waals surface area contributed by atoms with Gasteiger partial charge in [0.25, 0.3) is 0 Å². The van der Waals surface area contributed by atoms with Crippen LogP contribution < -0.4 is 5.32 Å². The van der Waals surface area contributed by atoms with Crippen molar-refractivity contribution in [2.45, 2.75) is 33.4 Å². The zero-order valence-electron chi connectivity index (χ0n) is 13.0. The molecule has 110 valence electrons. The first-order chi connectivity index (χ1) is 10.1. The van der Waals surface area contributed by atoms with Gasteiger partial charge in [-0.15, -0.1) is 11.3 Å². The molecule has 1 unspecified atom stereocenters. The third-order valence-electron chi connectivity index (χ3n) is 4.21. The van der Waals surface area contributed by atoms with Crippen molar-refractivity contribution in [2.24, 2.45) is 7.05 Å². The Hall–Kier alpha value is -1.65. The Morgan fingerprint density at radius 1 is 1.29 bits per heavy atom. The fraction of sp³-hybridized carbons (Fsp3) is 0.353. The van der Waals surface area contributed by atoms with Crippen LogP contribution in [0.2, 0.25) is 0 Å². The first-order valence-electron chi connectivity index (χ1n) is 7.27. The van der Waals surface area contributed by atoms with Gasteiger partial charge in [0.05, 0.1) is 6.20 Å². The van der Waals surface area contributed by atoms with Gasteiger partial charge in [-0.2, -0.15) is 5.10 Å². The number of nitrogens with one attached hydrogen (secondary N) is 1. The van der Waals surface area contributed by atoms with Gasteiger partial charge in [-0.1, -0.05) is 18.2 Å². The van der Waals surface area contributed by atoms with E-state index in [2.05, 4.69) is 55.5 Å². The van der Waals surface area contributed by atoms with Gasteiger partial charge in [-0.3, -0.25) is 4.68 Å². The fourth-order valence-electron chi connectivity index (χ4n) is 2.68. The Bertz CT molecular complexity index is 770. The van der Waals surface area contributed by atoms with Gasteiger partial charge in [0, 0.05) is 40.5 Å². The summed E-state index contributed by atoms with van der Waals surface area (Å²) in [5.74, 6) is 0. The zero-order valence-corrected chi connectivity index (χ0v) is 13.8. The number of fused-ring (bicyclic) bond motifs is 1. The smallest absolute Gasteiger partial charge is 0.0537 e. The lowest BCUT2D eigenvalue weighted by Crippen LogP contribution is -2.18. The van der Waals surface area contributed by atoms with Gasteiger partial charge in [0.2, 0.25) is 0 Å². The molecule has 0 aliphatic heterocycles. The molecule has 1 atom stereocenters. The monoisotopic (exact) mass is 299 g/mol. The fourth-order valence-corrected chi connectivity index (χ4v) is 3.92. The number of benzene rings is 1. The largest absolute Gasteiger partial charge is 0.305 e. The molecule has 2 heterocycles. The summed E-state index contributed by atoms with van der Waals surface area (Å²) in [6, 6.07) is 8.99. The Labute approximate surface area is 129 Å². The second-order valence-corrected chi connectivity index (χ2v) is 6.65. The highest BCUT2D eigenvalue weighted by Gasteiger charge is 2.14. The molecule has 21 heavy (non-hydrogen) atoms. The van der Waals surface area contributed by atoms with E-state index in [9.17, 15) is 0 Å². The second kappa shape index (κ2) is 5.62. The summed E-state index contributed by atoms with van der Waals surface area (Å²) in [6.07, 6.45) is 1.95. The minimum absolute atomic E-state index is 0.349. The summed E-state index contributed by atoms with van der Waals surface area (Å²) in [6.45, 7) is 7.43. The topological polar surface area (TPSA) is 29.9 Å². The molecule has 0 spiro atoms. The Balaban J connectivity index is 1.79. The van der Waals surface area contributed by atoms with Crippen LogP contribution in [0.15, 0.2) is 30.5 Å². The highest BCUT2D eigenvalue weighted by Crippen LogP contribution is 2.34. The standard InChI is InChI=1S/C17H21N3S/c1-11-15-7-5-6-8-16(15)21-17(11)12(2)18-9-14-10-19-20(4)13(14)3/h5-8,10,12,18H,9H2,1-4H3. The maximum absolute atomic E-state index is 4.30. The number of rotatable bonds is 4. The maximum atomic E-state index is 4.30. The predicted octanol–water partition coefficient (Wildman–Crippen LogP) is 4.10. The van der Waals surface area contributed by atoms with Crippen molar-refractivity contribution in [1.29, 1.82) is 0 Å². The van der Waals surface area contributed by atoms with Gasteiger partial charge in [-0.25, -0.2) is 0 Å². The number of hydrogen-bond acceptors (Lipinski definition) is 3. The summed E-state index contributed by atoms with van der Waals surface area (Å²) in [4.78, 5) is 1.43. The number of thiophene rings is 1. The van der Waals surface area contributed by atoms with Crippen LogP contribution in [0.4, 0.5) is 0 Å². The van der Waals surface area contributed by atoms with Gasteiger partial charge >= 0.3 is 0 Å². The molecule has 1 N–H and O–H groups in total. The molecule has 0 aliphatic carbocycles. The highest BCUT2D eigenvalue weighted by atomic mass is 32.1. The third kappa shape index (κ3) is 2.61. The minimum atomic E-state index is 0.349. The highest BCUT2D eigenvalue weighted by molar-refractivity contribution is 7.19. The maximum Gasteiger partial charge on any atom is 0.0537 e. The average molecular weight is 299 g/mol. The van der Waals surface area contributed by atoms with Crippen LogP contribution in [0.25, 0.3) is 10.1 Å². The molecule has 3 rings (SSSR count). The van der Waals surface area contributed by atoms with Crippen LogP contribution in [0.5, 0.6) is 0 Å². The molecule has 0 bridgehead atoms. The van der Waals surface area contributed by atoms with E-state index < -0.39 is 0 Å². The SMILES string of the molecule is Cc1c(C(C)NCc2cnn(C)c2C)sc2ccccc12. The molecule has 0 fully saturated rings. The number of aromatic nitrogens is 2. The number of nitrogens with zero attached hydrogens (tertiary/aromatic N) is 2. The van der Waals surface area contributed by atoms with E-state index in [4.69, 9.17) is 0 Å². The normalized spacial score (nSPS) is 13.0. The van der Waals surface area contributed by atoms with E-state index in [1.54, 1.807) is 0 Å². The Morgan fingerprint density at radius 3 is 2.71 bits per heavy atom. The first-order valence-corrected chi connectivity index (χ1v) is 8.08. The minimum Gasteiger partial charge on any atom is -0.305 e. The first kappa shape index (κ1) is 14.3. The van der Waals surface area contributed by atoms with E-state index in [0.29, 0.717) is 6.04 Å². The van der Waals surface area contributed by atoms with Crippen LogP contribution in [0.1, 0.15) is 34.7 Å². The molecule has 0 aliphatic rings. The second-order valence-electron chi connectivity index (χ2n) is 5.57. The van der Waals surface area contributed by atoms with Crippen LogP contribution in [-0.4, -0.2) is 9.78 Å². The molecule has 4 heteroatoms. The molecule has 0 saturated carbocycles. The number of hydrogen-bond donors (Lipinski definition) is 1. The van der Waals surface area contributed by atoms with Gasteiger partial charge in [-0.05, 0) is 37.8 Å². The molecule has 0 saturated heterocycles. The van der Waals surface area contributed by atoms with Gasteiger partial charge < -0.3 is 5.32 Å². The van der Waals surface area contributed by atoms with Crippen molar-refractivity contribution < 1.29 is 0 Å². The van der Waals surface area contributed by atoms with Crippen LogP contribution in [0.3, 0.4) is 0 Å². The third-order valence-corrected chi connectivity index (χ3v) is 5.67. The van der Waals surface area contributed by atoms with Gasteiger partial charge in [0.1, 0.15) is 0 Å². The lowest BCUT2D eigenvalue weighted by Gasteiger charge is -2.13. The van der Waals surface area contributed by atoms with E-state index in [1.807, 2.05) is 29.3 Å². The molecule has 0 amide bonds. The van der Waals surface area contributed by atoms with E-state index in [0.717, 1.165) is 6.54 Å². The van der Waals surface area contributed by atoms with E-state index in [-0.39, 0.29) is 0 Å². The summed E-state index contributed by atoms with van der Waals surface area (Å²) in [5.41, 5.74) is 3.89. The molecular formula is C17H21N3S. The van der Waals surface area contributed by atoms with Crippen LogP contribution in [-0.2, 0) is 13.6 Å². The van der Waals surface area contributed by atoms with Gasteiger partial charge in [0.15, 0.2) is 0 Å². The summed E-state index contributed by atoms with van der Waals surface area (Å²) in [7, 11) is 1.98. The molecular weight excluding hydrogens is 278 g/mol. The van der Waals surface area contributed by atoms with Crippen LogP contribution in [0, 0.1) is 13.8 Å². The van der Waals surface area contributed by atoms with Crippen molar-refractivity contribution in [2.75, 3.05) is 0 Å². The van der Waals surface area contributed by atoms with E-state index in [1.165, 1.54) is 31.8 Å². The van der Waals surface area contributed by atoms with Crippen molar-refractivity contribution in [3.8, 4) is 0 Å². The zero-order chi connectivity index (χ0) is 15.0. The van der Waals surface area contributed by atoms with Crippen LogP contribution >= 0.6 is 11.3 Å². The Kier molecular flexibility index (Phi) is 3.83. The molecule has 2 aromatic heterocycles.